The van der Waals surface area contributed by atoms with Crippen molar-refractivity contribution in [1.82, 2.24) is 9.21 Å². The van der Waals surface area contributed by atoms with Gasteiger partial charge in [0, 0.05) is 37.1 Å². The zero-order valence-electron chi connectivity index (χ0n) is 17.1. The van der Waals surface area contributed by atoms with Crippen molar-refractivity contribution in [2.75, 3.05) is 26.8 Å². The summed E-state index contributed by atoms with van der Waals surface area (Å²) >= 11 is 1.17. The molecular formula is C21H26N2O5S2. The van der Waals surface area contributed by atoms with Crippen LogP contribution in [0.1, 0.15) is 38.8 Å². The molecule has 30 heavy (non-hydrogen) atoms. The number of sulfonamides is 1. The number of aliphatic hydroxyl groups excluding tert-OH is 1. The molecule has 2 aliphatic heterocycles. The molecule has 1 N–H and O–H groups in total. The number of benzene rings is 1. The van der Waals surface area contributed by atoms with Gasteiger partial charge in [0.1, 0.15) is 4.21 Å². The van der Waals surface area contributed by atoms with Gasteiger partial charge < -0.3 is 9.84 Å². The van der Waals surface area contributed by atoms with Crippen LogP contribution in [0, 0.1) is 0 Å². The smallest absolute Gasteiger partial charge is 0.340 e. The molecule has 1 aromatic heterocycles. The van der Waals surface area contributed by atoms with E-state index in [9.17, 15) is 18.3 Å². The van der Waals surface area contributed by atoms with E-state index in [-0.39, 0.29) is 22.4 Å². The van der Waals surface area contributed by atoms with Crippen LogP contribution >= 0.6 is 11.3 Å². The lowest BCUT2D eigenvalue weighted by Gasteiger charge is -2.31. The Morgan fingerprint density at radius 3 is 2.63 bits per heavy atom. The fraction of sp³-hybridized carbons (Fsp3) is 0.476. The fourth-order valence-corrected chi connectivity index (χ4v) is 7.64. The van der Waals surface area contributed by atoms with Crippen molar-refractivity contribution in [2.24, 2.45) is 0 Å². The standard InChI is InChI=1S/C21H26N2O5S2/c1-14(13-24)22-9-8-17-18(12-22)29-21(19(17)20(25)28-2)30(26,27)23-10-7-15-5-3-4-6-16(15)11-23/h3-6,14,24H,7-13H2,1-2H3. The molecule has 0 amide bonds. The molecule has 7 nitrogen and oxygen atoms in total. The molecule has 0 aliphatic carbocycles. The highest BCUT2D eigenvalue weighted by atomic mass is 32.2. The molecule has 0 saturated carbocycles. The van der Waals surface area contributed by atoms with E-state index in [0.29, 0.717) is 39.0 Å². The van der Waals surface area contributed by atoms with Gasteiger partial charge in [-0.25, -0.2) is 13.2 Å². The van der Waals surface area contributed by atoms with E-state index >= 15 is 0 Å². The zero-order chi connectivity index (χ0) is 21.5. The second-order valence-electron chi connectivity index (χ2n) is 7.77. The van der Waals surface area contributed by atoms with Crippen molar-refractivity contribution in [3.8, 4) is 0 Å². The normalized spacial score (nSPS) is 18.5. The number of nitrogens with zero attached hydrogens (tertiary/aromatic N) is 2. The first kappa shape index (κ1) is 21.5. The maximum Gasteiger partial charge on any atom is 0.340 e. The van der Waals surface area contributed by atoms with E-state index in [0.717, 1.165) is 21.6 Å². The quantitative estimate of drug-likeness (QED) is 0.702. The number of hydrogen-bond acceptors (Lipinski definition) is 7. The van der Waals surface area contributed by atoms with Gasteiger partial charge in [-0.05, 0) is 36.5 Å². The van der Waals surface area contributed by atoms with Crippen LogP contribution in [0.2, 0.25) is 0 Å². The summed E-state index contributed by atoms with van der Waals surface area (Å²) in [5, 5.41) is 9.49. The molecule has 4 rings (SSSR count). The third kappa shape index (κ3) is 3.69. The Hall–Kier alpha value is -1.78. The molecule has 0 saturated heterocycles. The molecular weight excluding hydrogens is 424 g/mol. The minimum atomic E-state index is -3.84. The van der Waals surface area contributed by atoms with Crippen molar-refractivity contribution >= 4 is 27.3 Å². The maximum absolute atomic E-state index is 13.6. The largest absolute Gasteiger partial charge is 0.465 e. The van der Waals surface area contributed by atoms with Crippen LogP contribution in [0.5, 0.6) is 0 Å². The molecule has 0 fully saturated rings. The summed E-state index contributed by atoms with van der Waals surface area (Å²) in [5.74, 6) is -0.604. The Bertz CT molecular complexity index is 1060. The van der Waals surface area contributed by atoms with Gasteiger partial charge in [0.25, 0.3) is 10.0 Å². The monoisotopic (exact) mass is 450 g/mol. The Labute approximate surface area is 180 Å². The molecule has 2 aromatic rings. The summed E-state index contributed by atoms with van der Waals surface area (Å²) in [6.07, 6.45) is 1.20. The molecule has 1 aromatic carbocycles. The van der Waals surface area contributed by atoms with E-state index in [1.165, 1.54) is 22.8 Å². The first-order valence-corrected chi connectivity index (χ1v) is 12.3. The van der Waals surface area contributed by atoms with Crippen LogP contribution in [0.25, 0.3) is 0 Å². The van der Waals surface area contributed by atoms with Crippen LogP contribution in [0.15, 0.2) is 28.5 Å². The summed E-state index contributed by atoms with van der Waals surface area (Å²) in [6.45, 7) is 3.83. The third-order valence-electron chi connectivity index (χ3n) is 6.00. The van der Waals surface area contributed by atoms with Gasteiger partial charge >= 0.3 is 5.97 Å². The van der Waals surface area contributed by atoms with E-state index in [2.05, 4.69) is 4.90 Å². The number of hydrogen-bond donors (Lipinski definition) is 1. The predicted octanol–water partition coefficient (Wildman–Crippen LogP) is 2.02. The van der Waals surface area contributed by atoms with Crippen LogP contribution in [-0.4, -0.2) is 61.5 Å². The van der Waals surface area contributed by atoms with Gasteiger partial charge in [0.15, 0.2) is 0 Å². The van der Waals surface area contributed by atoms with Crippen molar-refractivity contribution in [2.45, 2.75) is 43.1 Å². The van der Waals surface area contributed by atoms with Crippen molar-refractivity contribution in [1.29, 1.82) is 0 Å². The molecule has 0 radical (unpaired) electrons. The van der Waals surface area contributed by atoms with Crippen molar-refractivity contribution in [3.05, 3.63) is 51.4 Å². The second kappa shape index (κ2) is 8.39. The summed E-state index contributed by atoms with van der Waals surface area (Å²) in [7, 11) is -2.56. The lowest BCUT2D eigenvalue weighted by Crippen LogP contribution is -2.39. The number of methoxy groups -OCH3 is 1. The van der Waals surface area contributed by atoms with Gasteiger partial charge in [-0.15, -0.1) is 11.3 Å². The van der Waals surface area contributed by atoms with Crippen molar-refractivity contribution in [3.63, 3.8) is 0 Å². The lowest BCUT2D eigenvalue weighted by molar-refractivity contribution is 0.0594. The van der Waals surface area contributed by atoms with Gasteiger partial charge in [-0.3, -0.25) is 4.90 Å². The molecule has 3 heterocycles. The summed E-state index contributed by atoms with van der Waals surface area (Å²) < 4.78 is 33.7. The zero-order valence-corrected chi connectivity index (χ0v) is 18.8. The number of carbonyl (C=O) groups is 1. The van der Waals surface area contributed by atoms with Crippen LogP contribution < -0.4 is 0 Å². The topological polar surface area (TPSA) is 87.2 Å². The van der Waals surface area contributed by atoms with Gasteiger partial charge in [-0.2, -0.15) is 4.31 Å². The Balaban J connectivity index is 1.73. The Morgan fingerprint density at radius 2 is 1.93 bits per heavy atom. The van der Waals surface area contributed by atoms with E-state index in [4.69, 9.17) is 4.74 Å². The number of fused-ring (bicyclic) bond motifs is 2. The first-order chi connectivity index (χ1) is 14.4. The average Bonchev–Trinajstić information content (AvgIpc) is 3.17. The van der Waals surface area contributed by atoms with E-state index in [1.807, 2.05) is 31.2 Å². The van der Waals surface area contributed by atoms with Crippen molar-refractivity contribution < 1.29 is 23.1 Å². The number of esters is 1. The minimum absolute atomic E-state index is 0.0273. The molecule has 9 heteroatoms. The highest BCUT2D eigenvalue weighted by molar-refractivity contribution is 7.91. The summed E-state index contributed by atoms with van der Waals surface area (Å²) in [5.41, 5.74) is 3.12. The van der Waals surface area contributed by atoms with Crippen LogP contribution in [-0.2, 0) is 40.7 Å². The number of ether oxygens (including phenoxy) is 1. The highest BCUT2D eigenvalue weighted by Crippen LogP contribution is 2.39. The van der Waals surface area contributed by atoms with E-state index < -0.39 is 16.0 Å². The average molecular weight is 451 g/mol. The number of thiophene rings is 1. The SMILES string of the molecule is COC(=O)c1c(S(=O)(=O)N2CCc3ccccc3C2)sc2c1CCN(C(C)CO)C2. The molecule has 0 bridgehead atoms. The van der Waals surface area contributed by atoms with E-state index in [1.54, 1.807) is 0 Å². The third-order valence-corrected chi connectivity index (χ3v) is 9.56. The number of carbonyl (C=O) groups excluding carboxylic acids is 1. The number of rotatable bonds is 5. The first-order valence-electron chi connectivity index (χ1n) is 10.0. The molecule has 1 atom stereocenters. The van der Waals surface area contributed by atoms with Crippen LogP contribution in [0.4, 0.5) is 0 Å². The summed E-state index contributed by atoms with van der Waals surface area (Å²) in [6, 6.07) is 7.83. The molecule has 162 valence electrons. The lowest BCUT2D eigenvalue weighted by atomic mass is 10.0. The molecule has 0 spiro atoms. The Kier molecular flexibility index (Phi) is 6.00. The Morgan fingerprint density at radius 1 is 1.20 bits per heavy atom. The van der Waals surface area contributed by atoms with Gasteiger partial charge in [-0.1, -0.05) is 24.3 Å². The van der Waals surface area contributed by atoms with Gasteiger partial charge in [0.05, 0.1) is 19.3 Å². The summed E-state index contributed by atoms with van der Waals surface area (Å²) in [4.78, 5) is 15.6. The minimum Gasteiger partial charge on any atom is -0.465 e. The molecule has 2 aliphatic rings. The van der Waals surface area contributed by atoms with Crippen LogP contribution in [0.3, 0.4) is 0 Å². The second-order valence-corrected chi connectivity index (χ2v) is 11.0. The fourth-order valence-electron chi connectivity index (χ4n) is 4.17. The van der Waals surface area contributed by atoms with Gasteiger partial charge in [0.2, 0.25) is 0 Å². The maximum atomic E-state index is 13.6. The predicted molar refractivity (Wildman–Crippen MR) is 114 cm³/mol. The molecule has 1 unspecified atom stereocenters. The number of aliphatic hydroxyl groups is 1. The highest BCUT2D eigenvalue weighted by Gasteiger charge is 2.38.